The average molecular weight is 314 g/mol. The Bertz CT molecular complexity index is 849. The van der Waals surface area contributed by atoms with E-state index < -0.39 is 18.1 Å². The molecule has 0 saturated carbocycles. The van der Waals surface area contributed by atoms with Crippen LogP contribution < -0.4 is 15.0 Å². The van der Waals surface area contributed by atoms with Gasteiger partial charge in [-0.05, 0) is 18.2 Å². The van der Waals surface area contributed by atoms with E-state index >= 15 is 0 Å². The van der Waals surface area contributed by atoms with E-state index in [1.54, 1.807) is 18.2 Å². The van der Waals surface area contributed by atoms with Gasteiger partial charge in [0, 0.05) is 17.2 Å². The molecule has 1 heterocycles. The van der Waals surface area contributed by atoms with Crippen LogP contribution in [0.1, 0.15) is 5.56 Å². The maximum atomic E-state index is 12.1. The quantitative estimate of drug-likeness (QED) is 0.897. The summed E-state index contributed by atoms with van der Waals surface area (Å²) in [5.74, 6) is -0.327. The molecule has 2 rings (SSSR count). The van der Waals surface area contributed by atoms with Gasteiger partial charge >= 0.3 is 5.97 Å². The van der Waals surface area contributed by atoms with E-state index in [9.17, 15) is 14.9 Å². The fraction of sp³-hybridized carbons (Fsp3) is 0.188. The van der Waals surface area contributed by atoms with Crippen molar-refractivity contribution in [2.24, 2.45) is 0 Å². The van der Waals surface area contributed by atoms with Crippen LogP contribution in [-0.2, 0) is 11.3 Å². The van der Waals surface area contributed by atoms with Crippen molar-refractivity contribution in [2.75, 3.05) is 14.2 Å². The van der Waals surface area contributed by atoms with E-state index in [1.165, 1.54) is 26.5 Å². The van der Waals surface area contributed by atoms with Gasteiger partial charge in [-0.1, -0.05) is 0 Å². The van der Waals surface area contributed by atoms with Crippen molar-refractivity contribution >= 4 is 5.97 Å². The molecule has 7 heteroatoms. The maximum absolute atomic E-state index is 12.1. The first-order valence-electron chi connectivity index (χ1n) is 6.59. The van der Waals surface area contributed by atoms with Gasteiger partial charge in [0.1, 0.15) is 18.0 Å². The summed E-state index contributed by atoms with van der Waals surface area (Å²) in [6, 6.07) is 8.14. The number of rotatable bonds is 5. The Kier molecular flexibility index (Phi) is 4.66. The van der Waals surface area contributed by atoms with Crippen LogP contribution in [0.15, 0.2) is 35.3 Å². The molecule has 0 spiro atoms. The summed E-state index contributed by atoms with van der Waals surface area (Å²) in [6.45, 7) is -0.474. The zero-order valence-corrected chi connectivity index (χ0v) is 12.6. The molecule has 0 saturated heterocycles. The number of aromatic nitrogens is 1. The molecule has 23 heavy (non-hydrogen) atoms. The normalized spacial score (nSPS) is 9.96. The van der Waals surface area contributed by atoms with E-state index in [0.29, 0.717) is 22.4 Å². The molecular formula is C16H14N2O5. The van der Waals surface area contributed by atoms with E-state index in [-0.39, 0.29) is 5.75 Å². The first kappa shape index (κ1) is 16.1. The minimum absolute atomic E-state index is 0.288. The maximum Gasteiger partial charge on any atom is 0.323 e. The molecule has 0 aliphatic heterocycles. The zero-order chi connectivity index (χ0) is 17.0. The van der Waals surface area contributed by atoms with Crippen LogP contribution in [0.2, 0.25) is 0 Å². The summed E-state index contributed by atoms with van der Waals surface area (Å²) >= 11 is 0. The molecule has 118 valence electrons. The number of ether oxygens (including phenoxy) is 2. The lowest BCUT2D eigenvalue weighted by Gasteiger charge is -2.13. The van der Waals surface area contributed by atoms with E-state index in [2.05, 4.69) is 0 Å². The van der Waals surface area contributed by atoms with Crippen molar-refractivity contribution < 1.29 is 19.4 Å². The number of hydrogen-bond acceptors (Lipinski definition) is 5. The predicted octanol–water partition coefficient (Wildman–Crippen LogP) is 1.49. The lowest BCUT2D eigenvalue weighted by atomic mass is 10.00. The van der Waals surface area contributed by atoms with Gasteiger partial charge < -0.3 is 19.1 Å². The fourth-order valence-electron chi connectivity index (χ4n) is 2.17. The molecule has 0 aliphatic carbocycles. The predicted molar refractivity (Wildman–Crippen MR) is 81.6 cm³/mol. The molecule has 0 radical (unpaired) electrons. The van der Waals surface area contributed by atoms with Gasteiger partial charge in [-0.3, -0.25) is 9.59 Å². The molecule has 2 aromatic rings. The third kappa shape index (κ3) is 3.32. The number of carbonyl (C=O) groups is 1. The number of benzene rings is 1. The number of hydrogen-bond donors (Lipinski definition) is 1. The molecular weight excluding hydrogens is 300 g/mol. The van der Waals surface area contributed by atoms with Gasteiger partial charge in [0.2, 0.25) is 0 Å². The number of methoxy groups -OCH3 is 2. The largest absolute Gasteiger partial charge is 0.497 e. The van der Waals surface area contributed by atoms with Crippen LogP contribution >= 0.6 is 0 Å². The van der Waals surface area contributed by atoms with Crippen LogP contribution in [-0.4, -0.2) is 29.9 Å². The number of carboxylic acids is 1. The molecule has 0 aliphatic rings. The minimum Gasteiger partial charge on any atom is -0.497 e. The van der Waals surface area contributed by atoms with Crippen molar-refractivity contribution in [1.82, 2.24) is 4.57 Å². The number of carboxylic acid groups (broad SMARTS) is 1. The highest BCUT2D eigenvalue weighted by Crippen LogP contribution is 2.33. The van der Waals surface area contributed by atoms with E-state index in [1.807, 2.05) is 6.07 Å². The van der Waals surface area contributed by atoms with Crippen molar-refractivity contribution in [1.29, 1.82) is 5.26 Å². The highest BCUT2D eigenvalue weighted by atomic mass is 16.5. The van der Waals surface area contributed by atoms with Crippen molar-refractivity contribution in [3.05, 3.63) is 46.4 Å². The summed E-state index contributed by atoms with van der Waals surface area (Å²) in [7, 11) is 2.90. The molecule has 0 fully saturated rings. The summed E-state index contributed by atoms with van der Waals surface area (Å²) in [5, 5.41) is 18.1. The SMILES string of the molecule is COc1ccc(C#N)c(-c2cc(=O)n(CC(=O)O)cc2OC)c1. The van der Waals surface area contributed by atoms with Gasteiger partial charge in [0.05, 0.1) is 32.0 Å². The highest BCUT2D eigenvalue weighted by Gasteiger charge is 2.15. The van der Waals surface area contributed by atoms with Crippen LogP contribution in [0.3, 0.4) is 0 Å². The summed E-state index contributed by atoms with van der Waals surface area (Å²) in [4.78, 5) is 22.9. The Balaban J connectivity index is 2.69. The number of nitrogens with zero attached hydrogens (tertiary/aromatic N) is 2. The zero-order valence-electron chi connectivity index (χ0n) is 12.6. The number of pyridine rings is 1. The Morgan fingerprint density at radius 2 is 2.00 bits per heavy atom. The monoisotopic (exact) mass is 314 g/mol. The van der Waals surface area contributed by atoms with Gasteiger partial charge in [-0.15, -0.1) is 0 Å². The van der Waals surface area contributed by atoms with Gasteiger partial charge in [0.25, 0.3) is 5.56 Å². The smallest absolute Gasteiger partial charge is 0.323 e. The first-order chi connectivity index (χ1) is 11.0. The second-order valence-electron chi connectivity index (χ2n) is 4.64. The van der Waals surface area contributed by atoms with Gasteiger partial charge in [-0.25, -0.2) is 0 Å². The molecule has 1 N–H and O–H groups in total. The molecule has 0 bridgehead atoms. The third-order valence-corrected chi connectivity index (χ3v) is 3.25. The molecule has 7 nitrogen and oxygen atoms in total. The minimum atomic E-state index is -1.14. The number of aliphatic carboxylic acids is 1. The van der Waals surface area contributed by atoms with Crippen molar-refractivity contribution in [3.63, 3.8) is 0 Å². The molecule has 0 atom stereocenters. The van der Waals surface area contributed by atoms with Gasteiger partial charge in [-0.2, -0.15) is 5.26 Å². The highest BCUT2D eigenvalue weighted by molar-refractivity contribution is 5.76. The van der Waals surface area contributed by atoms with Crippen LogP contribution in [0.25, 0.3) is 11.1 Å². The molecule has 1 aromatic carbocycles. The second kappa shape index (κ2) is 6.66. The van der Waals surface area contributed by atoms with Crippen molar-refractivity contribution in [2.45, 2.75) is 6.54 Å². The standard InChI is InChI=1S/C16H14N2O5/c1-22-11-4-3-10(7-17)12(5-11)13-6-15(19)18(9-16(20)21)8-14(13)23-2/h3-6,8H,9H2,1-2H3,(H,20,21). The Hall–Kier alpha value is -3.27. The molecule has 0 amide bonds. The molecule has 1 aromatic heterocycles. The van der Waals surface area contributed by atoms with E-state index in [0.717, 1.165) is 4.57 Å². The molecule has 0 unspecified atom stereocenters. The Morgan fingerprint density at radius 3 is 2.57 bits per heavy atom. The topological polar surface area (TPSA) is 102 Å². The lowest BCUT2D eigenvalue weighted by molar-refractivity contribution is -0.137. The number of nitriles is 1. The summed E-state index contributed by atoms with van der Waals surface area (Å²) in [6.07, 6.45) is 1.31. The van der Waals surface area contributed by atoms with E-state index in [4.69, 9.17) is 14.6 Å². The average Bonchev–Trinajstić information content (AvgIpc) is 2.55. The van der Waals surface area contributed by atoms with Gasteiger partial charge in [0.15, 0.2) is 0 Å². The summed E-state index contributed by atoms with van der Waals surface area (Å²) in [5.41, 5.74) is 0.715. The van der Waals surface area contributed by atoms with Crippen LogP contribution in [0.4, 0.5) is 0 Å². The Morgan fingerprint density at radius 1 is 1.26 bits per heavy atom. The summed E-state index contributed by atoms with van der Waals surface area (Å²) < 4.78 is 11.4. The van der Waals surface area contributed by atoms with Crippen LogP contribution in [0.5, 0.6) is 11.5 Å². The lowest BCUT2D eigenvalue weighted by Crippen LogP contribution is -2.23. The third-order valence-electron chi connectivity index (χ3n) is 3.25. The second-order valence-corrected chi connectivity index (χ2v) is 4.64. The van der Waals surface area contributed by atoms with Crippen LogP contribution in [0, 0.1) is 11.3 Å². The fourth-order valence-corrected chi connectivity index (χ4v) is 2.17. The first-order valence-corrected chi connectivity index (χ1v) is 6.59. The Labute approximate surface area is 131 Å². The van der Waals surface area contributed by atoms with Crippen molar-refractivity contribution in [3.8, 4) is 28.7 Å².